The van der Waals surface area contributed by atoms with Gasteiger partial charge in [0.1, 0.15) is 18.0 Å². The van der Waals surface area contributed by atoms with Gasteiger partial charge in [-0.25, -0.2) is 14.4 Å². The maximum Gasteiger partial charge on any atom is 0.296 e. The first-order valence-electron chi connectivity index (χ1n) is 10.6. The van der Waals surface area contributed by atoms with Crippen LogP contribution in [0.1, 0.15) is 36.8 Å². The molecule has 0 atom stereocenters. The summed E-state index contributed by atoms with van der Waals surface area (Å²) >= 11 is 0. The Morgan fingerprint density at radius 2 is 1.97 bits per heavy atom. The number of benzene rings is 1. The van der Waals surface area contributed by atoms with Crippen molar-refractivity contribution in [3.05, 3.63) is 69.7 Å². The fraction of sp³-hybridized carbons (Fsp3) is 0.409. The lowest BCUT2D eigenvalue weighted by molar-refractivity contribution is -0.120. The minimum atomic E-state index is -0.663. The fourth-order valence-corrected chi connectivity index (χ4v) is 3.95. The second-order valence-corrected chi connectivity index (χ2v) is 8.58. The summed E-state index contributed by atoms with van der Waals surface area (Å²) in [6, 6.07) is 5.77. The normalized spacial score (nSPS) is 15.3. The van der Waals surface area contributed by atoms with Crippen molar-refractivity contribution in [2.75, 3.05) is 6.54 Å². The zero-order chi connectivity index (χ0) is 23.8. The largest absolute Gasteiger partial charge is 0.502 e. The standard InChI is InChI=1S/C22H26FN7O3/c1-22(2)21-26-16(10-18(31)24-11-14-4-6-15(23)7-5-14)19(32)20(33)30(21)9-8-29(22)12-17-25-13-28(3)27-17/h4-7,13,32H,8-12H2,1-3H3,(H,24,31). The maximum absolute atomic E-state index is 13.0. The van der Waals surface area contributed by atoms with Gasteiger partial charge >= 0.3 is 0 Å². The number of nitrogens with one attached hydrogen (secondary N) is 1. The number of fused-ring (bicyclic) bond motifs is 1. The Balaban J connectivity index is 1.54. The van der Waals surface area contributed by atoms with Crippen molar-refractivity contribution in [1.82, 2.24) is 34.5 Å². The van der Waals surface area contributed by atoms with Gasteiger partial charge in [-0.3, -0.25) is 23.7 Å². The molecule has 174 valence electrons. The van der Waals surface area contributed by atoms with E-state index < -0.39 is 22.8 Å². The molecule has 1 aliphatic heterocycles. The number of halogens is 1. The number of carbonyl (C=O) groups is 1. The lowest BCUT2D eigenvalue weighted by Crippen LogP contribution is -2.52. The highest BCUT2D eigenvalue weighted by Gasteiger charge is 2.38. The van der Waals surface area contributed by atoms with Gasteiger partial charge in [0.15, 0.2) is 5.82 Å². The highest BCUT2D eigenvalue weighted by Crippen LogP contribution is 2.31. The smallest absolute Gasteiger partial charge is 0.296 e. The Morgan fingerprint density at radius 1 is 1.24 bits per heavy atom. The third-order valence-corrected chi connectivity index (χ3v) is 5.86. The van der Waals surface area contributed by atoms with Gasteiger partial charge in [0, 0.05) is 26.7 Å². The van der Waals surface area contributed by atoms with Crippen LogP contribution < -0.4 is 10.9 Å². The Morgan fingerprint density at radius 3 is 2.64 bits per heavy atom. The van der Waals surface area contributed by atoms with Gasteiger partial charge in [-0.15, -0.1) is 0 Å². The molecule has 0 bridgehead atoms. The summed E-state index contributed by atoms with van der Waals surface area (Å²) in [5.74, 6) is -0.167. The van der Waals surface area contributed by atoms with Crippen molar-refractivity contribution in [2.45, 2.75) is 45.4 Å². The first kappa shape index (κ1) is 22.6. The molecule has 33 heavy (non-hydrogen) atoms. The summed E-state index contributed by atoms with van der Waals surface area (Å²) in [7, 11) is 1.80. The number of aromatic hydroxyl groups is 1. The minimum Gasteiger partial charge on any atom is -0.502 e. The van der Waals surface area contributed by atoms with E-state index in [1.54, 1.807) is 30.2 Å². The molecule has 0 radical (unpaired) electrons. The minimum absolute atomic E-state index is 0.0220. The van der Waals surface area contributed by atoms with Crippen molar-refractivity contribution in [3.63, 3.8) is 0 Å². The van der Waals surface area contributed by atoms with Crippen LogP contribution in [0.5, 0.6) is 5.75 Å². The first-order valence-corrected chi connectivity index (χ1v) is 10.6. The lowest BCUT2D eigenvalue weighted by Gasteiger charge is -2.42. The van der Waals surface area contributed by atoms with Crippen LogP contribution in [0, 0.1) is 5.82 Å². The van der Waals surface area contributed by atoms with Crippen LogP contribution in [0.3, 0.4) is 0 Å². The molecule has 3 heterocycles. The molecule has 0 fully saturated rings. The van der Waals surface area contributed by atoms with E-state index in [0.29, 0.717) is 31.3 Å². The number of rotatable bonds is 6. The molecule has 11 heteroatoms. The molecular weight excluding hydrogens is 429 g/mol. The molecule has 0 saturated carbocycles. The molecule has 2 N–H and O–H groups in total. The van der Waals surface area contributed by atoms with Crippen LogP contribution in [-0.2, 0) is 43.4 Å². The summed E-state index contributed by atoms with van der Waals surface area (Å²) in [6.45, 7) is 5.43. The zero-order valence-corrected chi connectivity index (χ0v) is 18.7. The molecule has 1 aliphatic rings. The van der Waals surface area contributed by atoms with E-state index in [-0.39, 0.29) is 24.5 Å². The van der Waals surface area contributed by atoms with E-state index in [0.717, 1.165) is 5.56 Å². The summed E-state index contributed by atoms with van der Waals surface area (Å²) in [4.78, 5) is 36.3. The molecule has 0 unspecified atom stereocenters. The Kier molecular flexibility index (Phi) is 5.98. The topological polar surface area (TPSA) is 118 Å². The molecule has 0 spiro atoms. The number of nitrogens with zero attached hydrogens (tertiary/aromatic N) is 6. The molecular formula is C22H26FN7O3. The molecule has 1 aromatic carbocycles. The van der Waals surface area contributed by atoms with Crippen molar-refractivity contribution in [2.24, 2.45) is 7.05 Å². The number of aryl methyl sites for hydroxylation is 1. The van der Waals surface area contributed by atoms with Gasteiger partial charge in [-0.05, 0) is 31.5 Å². The number of carbonyl (C=O) groups excluding carboxylic acids is 1. The van der Waals surface area contributed by atoms with Crippen molar-refractivity contribution in [3.8, 4) is 5.75 Å². The average Bonchev–Trinajstić information content (AvgIpc) is 3.18. The van der Waals surface area contributed by atoms with Crippen LogP contribution in [0.25, 0.3) is 0 Å². The van der Waals surface area contributed by atoms with Crippen LogP contribution in [0.2, 0.25) is 0 Å². The summed E-state index contributed by atoms with van der Waals surface area (Å²) in [5.41, 5.74) is -0.477. The first-order chi connectivity index (χ1) is 15.6. The summed E-state index contributed by atoms with van der Waals surface area (Å²) < 4.78 is 16.1. The van der Waals surface area contributed by atoms with E-state index in [4.69, 9.17) is 0 Å². The maximum atomic E-state index is 13.0. The predicted octanol–water partition coefficient (Wildman–Crippen LogP) is 0.826. The second kappa shape index (κ2) is 8.74. The molecule has 0 aliphatic carbocycles. The van der Waals surface area contributed by atoms with E-state index in [2.05, 4.69) is 25.3 Å². The van der Waals surface area contributed by atoms with Crippen molar-refractivity contribution < 1.29 is 14.3 Å². The van der Waals surface area contributed by atoms with E-state index in [9.17, 15) is 19.1 Å². The van der Waals surface area contributed by atoms with Crippen molar-refractivity contribution in [1.29, 1.82) is 0 Å². The van der Waals surface area contributed by atoms with E-state index in [1.165, 1.54) is 16.7 Å². The number of aromatic nitrogens is 5. The third kappa shape index (κ3) is 4.63. The quantitative estimate of drug-likeness (QED) is 0.565. The van der Waals surface area contributed by atoms with E-state index in [1.807, 2.05) is 13.8 Å². The van der Waals surface area contributed by atoms with Gasteiger partial charge < -0.3 is 10.4 Å². The molecule has 1 amide bonds. The number of amides is 1. The zero-order valence-electron chi connectivity index (χ0n) is 18.7. The molecule has 10 nitrogen and oxygen atoms in total. The summed E-state index contributed by atoms with van der Waals surface area (Å²) in [5, 5.41) is 17.5. The van der Waals surface area contributed by atoms with Crippen LogP contribution in [0.4, 0.5) is 4.39 Å². The number of hydrogen-bond donors (Lipinski definition) is 2. The molecule has 4 rings (SSSR count). The van der Waals surface area contributed by atoms with Gasteiger partial charge in [0.05, 0.1) is 24.2 Å². The Bertz CT molecular complexity index is 1230. The monoisotopic (exact) mass is 455 g/mol. The second-order valence-electron chi connectivity index (χ2n) is 8.58. The fourth-order valence-electron chi connectivity index (χ4n) is 3.95. The Hall–Kier alpha value is -3.60. The van der Waals surface area contributed by atoms with E-state index >= 15 is 0 Å². The highest BCUT2D eigenvalue weighted by molar-refractivity contribution is 5.78. The van der Waals surface area contributed by atoms with Crippen molar-refractivity contribution >= 4 is 5.91 Å². The average molecular weight is 455 g/mol. The van der Waals surface area contributed by atoms with Crippen LogP contribution >= 0.6 is 0 Å². The SMILES string of the molecule is Cn1cnc(CN2CCn3c(nc(CC(=O)NCc4ccc(F)cc4)c(O)c3=O)C2(C)C)n1. The molecule has 3 aromatic rings. The van der Waals surface area contributed by atoms with Gasteiger partial charge in [0.25, 0.3) is 5.56 Å². The van der Waals surface area contributed by atoms with Gasteiger partial charge in [0.2, 0.25) is 11.7 Å². The van der Waals surface area contributed by atoms with Crippen LogP contribution in [-0.4, -0.2) is 46.8 Å². The Labute approximate surface area is 189 Å². The third-order valence-electron chi connectivity index (χ3n) is 5.86. The van der Waals surface area contributed by atoms with Crippen LogP contribution in [0.15, 0.2) is 35.4 Å². The number of hydrogen-bond acceptors (Lipinski definition) is 7. The lowest BCUT2D eigenvalue weighted by atomic mass is 9.98. The van der Waals surface area contributed by atoms with Gasteiger partial charge in [-0.2, -0.15) is 5.10 Å². The highest BCUT2D eigenvalue weighted by atomic mass is 19.1. The predicted molar refractivity (Wildman–Crippen MR) is 117 cm³/mol. The van der Waals surface area contributed by atoms with Gasteiger partial charge in [-0.1, -0.05) is 12.1 Å². The molecule has 2 aromatic heterocycles. The molecule has 0 saturated heterocycles. The summed E-state index contributed by atoms with van der Waals surface area (Å²) in [6.07, 6.45) is 1.37.